The molecular formula is C24H21N7O. The van der Waals surface area contributed by atoms with Crippen LogP contribution in [0.15, 0.2) is 48.7 Å². The lowest BCUT2D eigenvalue weighted by atomic mass is 10.0. The number of amides is 1. The second-order valence-electron chi connectivity index (χ2n) is 7.07. The maximum absolute atomic E-state index is 11.7. The van der Waals surface area contributed by atoms with Gasteiger partial charge >= 0.3 is 0 Å². The van der Waals surface area contributed by atoms with E-state index in [0.29, 0.717) is 23.0 Å². The number of nitrogens with one attached hydrogen (secondary N) is 3. The van der Waals surface area contributed by atoms with Crippen molar-refractivity contribution in [2.75, 3.05) is 16.0 Å². The summed E-state index contributed by atoms with van der Waals surface area (Å²) in [7, 11) is 0. The van der Waals surface area contributed by atoms with Gasteiger partial charge in [0.05, 0.1) is 23.9 Å². The molecule has 1 aromatic heterocycles. The molecule has 1 heterocycles. The summed E-state index contributed by atoms with van der Waals surface area (Å²) in [6, 6.07) is 14.9. The van der Waals surface area contributed by atoms with Gasteiger partial charge in [-0.3, -0.25) is 4.79 Å². The van der Waals surface area contributed by atoms with Crippen molar-refractivity contribution in [1.29, 1.82) is 10.5 Å². The maximum atomic E-state index is 11.7. The predicted molar refractivity (Wildman–Crippen MR) is 125 cm³/mol. The predicted octanol–water partition coefficient (Wildman–Crippen LogP) is 4.95. The van der Waals surface area contributed by atoms with Gasteiger partial charge in [0.2, 0.25) is 11.9 Å². The Kier molecular flexibility index (Phi) is 6.79. The van der Waals surface area contributed by atoms with Gasteiger partial charge < -0.3 is 16.0 Å². The molecule has 3 rings (SSSR count). The first kappa shape index (κ1) is 22.0. The molecule has 0 atom stereocenters. The molecule has 8 nitrogen and oxygen atoms in total. The first-order valence-electron chi connectivity index (χ1n) is 9.76. The Hall–Kier alpha value is -4.69. The zero-order valence-corrected chi connectivity index (χ0v) is 17.9. The van der Waals surface area contributed by atoms with E-state index < -0.39 is 0 Å². The van der Waals surface area contributed by atoms with Gasteiger partial charge in [-0.2, -0.15) is 15.5 Å². The Morgan fingerprint density at radius 1 is 1.06 bits per heavy atom. The van der Waals surface area contributed by atoms with Crippen LogP contribution in [0.5, 0.6) is 0 Å². The van der Waals surface area contributed by atoms with Crippen LogP contribution in [-0.4, -0.2) is 15.9 Å². The quantitative estimate of drug-likeness (QED) is 0.479. The average Bonchev–Trinajstić information content (AvgIpc) is 2.76. The molecule has 8 heteroatoms. The summed E-state index contributed by atoms with van der Waals surface area (Å²) in [5.74, 6) is 0.517. The minimum atomic E-state index is -0.241. The van der Waals surface area contributed by atoms with E-state index in [1.165, 1.54) is 19.2 Å². The Labute approximate surface area is 186 Å². The van der Waals surface area contributed by atoms with Crippen molar-refractivity contribution in [2.24, 2.45) is 0 Å². The molecule has 0 fully saturated rings. The van der Waals surface area contributed by atoms with Crippen molar-refractivity contribution in [2.45, 2.75) is 20.8 Å². The Balaban J connectivity index is 1.95. The van der Waals surface area contributed by atoms with E-state index in [-0.39, 0.29) is 5.91 Å². The van der Waals surface area contributed by atoms with Gasteiger partial charge in [-0.1, -0.05) is 0 Å². The van der Waals surface area contributed by atoms with Crippen molar-refractivity contribution in [3.63, 3.8) is 0 Å². The number of aromatic nitrogens is 2. The molecule has 3 N–H and O–H groups in total. The van der Waals surface area contributed by atoms with Gasteiger partial charge in [0, 0.05) is 24.4 Å². The van der Waals surface area contributed by atoms with Crippen molar-refractivity contribution >= 4 is 40.8 Å². The summed E-state index contributed by atoms with van der Waals surface area (Å²) in [4.78, 5) is 20.5. The summed E-state index contributed by atoms with van der Waals surface area (Å²) >= 11 is 0. The number of carbonyl (C=O) groups excluding carboxylic acids is 1. The van der Waals surface area contributed by atoms with E-state index in [2.05, 4.69) is 32.0 Å². The highest BCUT2D eigenvalue weighted by Crippen LogP contribution is 2.30. The van der Waals surface area contributed by atoms with Gasteiger partial charge in [0.15, 0.2) is 5.82 Å². The van der Waals surface area contributed by atoms with Crippen molar-refractivity contribution in [3.05, 3.63) is 70.9 Å². The molecule has 3 aromatic rings. The smallest absolute Gasteiger partial charge is 0.229 e. The molecule has 0 bridgehead atoms. The molecule has 0 saturated carbocycles. The summed E-state index contributed by atoms with van der Waals surface area (Å²) < 4.78 is 0. The molecule has 0 aliphatic heterocycles. The molecule has 0 unspecified atom stereocenters. The van der Waals surface area contributed by atoms with Crippen LogP contribution in [-0.2, 0) is 4.79 Å². The number of aryl methyl sites for hydroxylation is 2. The van der Waals surface area contributed by atoms with Crippen LogP contribution in [0.3, 0.4) is 0 Å². The zero-order valence-electron chi connectivity index (χ0n) is 17.9. The summed E-state index contributed by atoms with van der Waals surface area (Å²) in [5.41, 5.74) is 5.39. The van der Waals surface area contributed by atoms with Crippen LogP contribution < -0.4 is 16.0 Å². The second kappa shape index (κ2) is 9.88. The number of hydrogen-bond donors (Lipinski definition) is 3. The van der Waals surface area contributed by atoms with Crippen LogP contribution >= 0.6 is 0 Å². The topological polar surface area (TPSA) is 127 Å². The Bertz CT molecular complexity index is 1240. The first-order chi connectivity index (χ1) is 15.4. The number of nitrogens with zero attached hydrogens (tertiary/aromatic N) is 4. The number of benzene rings is 2. The fraction of sp³-hybridized carbons (Fsp3) is 0.125. The summed E-state index contributed by atoms with van der Waals surface area (Å²) in [6.07, 6.45) is 4.70. The van der Waals surface area contributed by atoms with Crippen LogP contribution in [0.1, 0.15) is 29.2 Å². The molecule has 2 aromatic carbocycles. The van der Waals surface area contributed by atoms with Crippen LogP contribution in [0.2, 0.25) is 0 Å². The minimum absolute atomic E-state index is 0.241. The Morgan fingerprint density at radius 2 is 1.75 bits per heavy atom. The monoisotopic (exact) mass is 423 g/mol. The van der Waals surface area contributed by atoms with E-state index in [1.807, 2.05) is 32.0 Å². The van der Waals surface area contributed by atoms with Gasteiger partial charge in [0.1, 0.15) is 5.69 Å². The Morgan fingerprint density at radius 3 is 2.34 bits per heavy atom. The van der Waals surface area contributed by atoms with Crippen molar-refractivity contribution in [3.8, 4) is 12.1 Å². The van der Waals surface area contributed by atoms with E-state index in [0.717, 1.165) is 28.1 Å². The molecule has 0 aliphatic rings. The van der Waals surface area contributed by atoms with Gasteiger partial charge in [-0.25, -0.2) is 4.98 Å². The minimum Gasteiger partial charge on any atom is -0.338 e. The highest BCUT2D eigenvalue weighted by molar-refractivity contribution is 5.92. The van der Waals surface area contributed by atoms with Gasteiger partial charge in [0.25, 0.3) is 0 Å². The third-order valence-corrected chi connectivity index (χ3v) is 4.52. The molecule has 0 spiro atoms. The third-order valence-electron chi connectivity index (χ3n) is 4.52. The van der Waals surface area contributed by atoms with E-state index >= 15 is 0 Å². The lowest BCUT2D eigenvalue weighted by Gasteiger charge is -2.17. The van der Waals surface area contributed by atoms with E-state index in [1.54, 1.807) is 30.3 Å². The molecule has 0 saturated heterocycles. The SMILES string of the molecule is CC(=O)Nc1cnc(Nc2ccc(C#N)cc2)nc1Nc1c(C)cc(C=CC#N)cc1C. The lowest BCUT2D eigenvalue weighted by Crippen LogP contribution is -2.11. The number of anilines is 5. The number of allylic oxidation sites excluding steroid dienone is 1. The highest BCUT2D eigenvalue weighted by Gasteiger charge is 2.13. The second-order valence-corrected chi connectivity index (χ2v) is 7.07. The molecular weight excluding hydrogens is 402 g/mol. The number of nitriles is 2. The normalized spacial score (nSPS) is 10.3. The number of hydrogen-bond acceptors (Lipinski definition) is 7. The fourth-order valence-electron chi connectivity index (χ4n) is 3.12. The standard InChI is InChI=1S/C24H21N7O/c1-15-11-19(5-4-10-25)12-16(2)22(15)30-23-21(28-17(3)32)14-27-24(31-23)29-20-8-6-18(13-26)7-9-20/h4-9,11-12,14H,1-3H3,(H,28,32)(H2,27,29,30,31). The maximum Gasteiger partial charge on any atom is 0.229 e. The lowest BCUT2D eigenvalue weighted by molar-refractivity contribution is -0.114. The van der Waals surface area contributed by atoms with Gasteiger partial charge in [-0.05, 0) is 73.0 Å². The first-order valence-corrected chi connectivity index (χ1v) is 9.76. The van der Waals surface area contributed by atoms with E-state index in [9.17, 15) is 4.79 Å². The summed E-state index contributed by atoms with van der Waals surface area (Å²) in [6.45, 7) is 5.32. The van der Waals surface area contributed by atoms with Crippen LogP contribution in [0.4, 0.5) is 28.8 Å². The average molecular weight is 423 g/mol. The zero-order chi connectivity index (χ0) is 23.1. The van der Waals surface area contributed by atoms with Crippen LogP contribution in [0, 0.1) is 36.5 Å². The highest BCUT2D eigenvalue weighted by atomic mass is 16.1. The van der Waals surface area contributed by atoms with E-state index in [4.69, 9.17) is 10.5 Å². The molecule has 32 heavy (non-hydrogen) atoms. The van der Waals surface area contributed by atoms with Crippen molar-refractivity contribution < 1.29 is 4.79 Å². The third kappa shape index (κ3) is 5.47. The largest absolute Gasteiger partial charge is 0.338 e. The van der Waals surface area contributed by atoms with Crippen molar-refractivity contribution in [1.82, 2.24) is 9.97 Å². The number of carbonyl (C=O) groups is 1. The molecule has 0 radical (unpaired) electrons. The van der Waals surface area contributed by atoms with Crippen LogP contribution in [0.25, 0.3) is 6.08 Å². The van der Waals surface area contributed by atoms with Gasteiger partial charge in [-0.15, -0.1) is 0 Å². The molecule has 0 aliphatic carbocycles. The number of rotatable bonds is 6. The molecule has 1 amide bonds. The fourth-order valence-corrected chi connectivity index (χ4v) is 3.12. The molecule has 158 valence electrons. The summed E-state index contributed by atoms with van der Waals surface area (Å²) in [5, 5.41) is 26.8.